The van der Waals surface area contributed by atoms with Crippen LogP contribution in [-0.4, -0.2) is 5.91 Å². The summed E-state index contributed by atoms with van der Waals surface area (Å²) in [6, 6.07) is 8.87. The van der Waals surface area contributed by atoms with Crippen molar-refractivity contribution in [3.05, 3.63) is 57.8 Å². The summed E-state index contributed by atoms with van der Waals surface area (Å²) in [5.41, 5.74) is 12.4. The number of rotatable bonds is 4. The Morgan fingerprint density at radius 2 is 2.00 bits per heavy atom. The number of halogens is 2. The van der Waals surface area contributed by atoms with Gasteiger partial charge in [0.2, 0.25) is 0 Å². The second-order valence-corrected chi connectivity index (χ2v) is 5.00. The zero-order chi connectivity index (χ0) is 14.7. The van der Waals surface area contributed by atoms with E-state index in [1.807, 2.05) is 0 Å². The van der Waals surface area contributed by atoms with Crippen LogP contribution in [0.1, 0.15) is 15.9 Å². The van der Waals surface area contributed by atoms with Crippen molar-refractivity contribution in [2.45, 2.75) is 6.61 Å². The Labute approximate surface area is 123 Å². The maximum atomic E-state index is 13.0. The number of nitrogens with two attached hydrogens (primary N) is 2. The molecule has 0 saturated carbocycles. The molecule has 0 heterocycles. The van der Waals surface area contributed by atoms with Crippen LogP contribution >= 0.6 is 15.9 Å². The van der Waals surface area contributed by atoms with Gasteiger partial charge in [-0.15, -0.1) is 0 Å². The third-order valence-corrected chi connectivity index (χ3v) is 3.41. The molecule has 2 rings (SSSR count). The van der Waals surface area contributed by atoms with Crippen LogP contribution in [0.4, 0.5) is 10.1 Å². The fourth-order valence-electron chi connectivity index (χ4n) is 1.66. The summed E-state index contributed by atoms with van der Waals surface area (Å²) in [5, 5.41) is 0. The number of carbonyl (C=O) groups excluding carboxylic acids is 1. The molecule has 2 aromatic rings. The van der Waals surface area contributed by atoms with Crippen molar-refractivity contribution in [3.63, 3.8) is 0 Å². The lowest BCUT2D eigenvalue weighted by molar-refractivity contribution is 0.0996. The number of hydrogen-bond acceptors (Lipinski definition) is 3. The summed E-state index contributed by atoms with van der Waals surface area (Å²) in [6.07, 6.45) is 0. The van der Waals surface area contributed by atoms with Gasteiger partial charge in [0.1, 0.15) is 18.2 Å². The summed E-state index contributed by atoms with van der Waals surface area (Å²) >= 11 is 3.25. The van der Waals surface area contributed by atoms with E-state index in [2.05, 4.69) is 15.9 Å². The molecule has 0 spiro atoms. The Balaban J connectivity index is 2.22. The Bertz CT molecular complexity index is 662. The summed E-state index contributed by atoms with van der Waals surface area (Å²) in [4.78, 5) is 11.3. The van der Waals surface area contributed by atoms with Gasteiger partial charge >= 0.3 is 0 Å². The van der Waals surface area contributed by atoms with E-state index in [1.165, 1.54) is 24.3 Å². The van der Waals surface area contributed by atoms with Crippen molar-refractivity contribution in [2.75, 3.05) is 5.73 Å². The quantitative estimate of drug-likeness (QED) is 0.841. The SMILES string of the molecule is NC(=O)c1ccc(N)cc1OCc1ccc(F)cc1Br. The van der Waals surface area contributed by atoms with Gasteiger partial charge in [0.25, 0.3) is 5.91 Å². The molecular formula is C14H12BrFN2O2. The first-order valence-electron chi connectivity index (χ1n) is 5.73. The van der Waals surface area contributed by atoms with E-state index in [0.717, 1.165) is 5.56 Å². The third kappa shape index (κ3) is 3.27. The molecule has 0 bridgehead atoms. The van der Waals surface area contributed by atoms with Gasteiger partial charge in [-0.1, -0.05) is 22.0 Å². The standard InChI is InChI=1S/C14H12BrFN2O2/c15-12-5-9(16)2-1-8(12)7-20-13-6-10(17)3-4-11(13)14(18)19/h1-6H,7,17H2,(H2,18,19). The highest BCUT2D eigenvalue weighted by Gasteiger charge is 2.11. The van der Waals surface area contributed by atoms with Crippen LogP contribution in [0.3, 0.4) is 0 Å². The van der Waals surface area contributed by atoms with Crippen LogP contribution < -0.4 is 16.2 Å². The summed E-state index contributed by atoms with van der Waals surface area (Å²) in [5.74, 6) is -0.644. The Hall–Kier alpha value is -2.08. The molecule has 20 heavy (non-hydrogen) atoms. The minimum absolute atomic E-state index is 0.157. The molecule has 6 heteroatoms. The number of primary amides is 1. The fraction of sp³-hybridized carbons (Fsp3) is 0.0714. The molecule has 0 aliphatic carbocycles. The number of nitrogen functional groups attached to an aromatic ring is 1. The smallest absolute Gasteiger partial charge is 0.252 e. The zero-order valence-corrected chi connectivity index (χ0v) is 12.0. The van der Waals surface area contributed by atoms with E-state index in [-0.39, 0.29) is 18.0 Å². The first kappa shape index (κ1) is 14.3. The lowest BCUT2D eigenvalue weighted by atomic mass is 10.1. The van der Waals surface area contributed by atoms with Gasteiger partial charge in [0, 0.05) is 21.8 Å². The Morgan fingerprint density at radius 1 is 1.25 bits per heavy atom. The van der Waals surface area contributed by atoms with Crippen molar-refractivity contribution in [1.82, 2.24) is 0 Å². The van der Waals surface area contributed by atoms with Gasteiger partial charge in [0.15, 0.2) is 0 Å². The van der Waals surface area contributed by atoms with Gasteiger partial charge in [0.05, 0.1) is 5.56 Å². The maximum Gasteiger partial charge on any atom is 0.252 e. The van der Waals surface area contributed by atoms with E-state index >= 15 is 0 Å². The molecule has 0 radical (unpaired) electrons. The lowest BCUT2D eigenvalue weighted by Gasteiger charge is -2.11. The lowest BCUT2D eigenvalue weighted by Crippen LogP contribution is -2.13. The van der Waals surface area contributed by atoms with Gasteiger partial charge in [-0.25, -0.2) is 4.39 Å². The molecule has 0 fully saturated rings. The maximum absolute atomic E-state index is 13.0. The van der Waals surface area contributed by atoms with Crippen LogP contribution in [-0.2, 0) is 6.61 Å². The zero-order valence-electron chi connectivity index (χ0n) is 10.4. The highest BCUT2D eigenvalue weighted by molar-refractivity contribution is 9.10. The molecule has 4 nitrogen and oxygen atoms in total. The fourth-order valence-corrected chi connectivity index (χ4v) is 2.12. The van der Waals surface area contributed by atoms with Crippen LogP contribution in [0.5, 0.6) is 5.75 Å². The predicted octanol–water partition coefficient (Wildman–Crippen LogP) is 2.85. The van der Waals surface area contributed by atoms with E-state index in [4.69, 9.17) is 16.2 Å². The number of anilines is 1. The minimum Gasteiger partial charge on any atom is -0.488 e. The molecular weight excluding hydrogens is 327 g/mol. The van der Waals surface area contributed by atoms with Gasteiger partial charge in [-0.3, -0.25) is 4.79 Å². The van der Waals surface area contributed by atoms with Crippen molar-refractivity contribution in [1.29, 1.82) is 0 Å². The highest BCUT2D eigenvalue weighted by Crippen LogP contribution is 2.24. The normalized spacial score (nSPS) is 10.3. The molecule has 0 aliphatic heterocycles. The molecule has 4 N–H and O–H groups in total. The summed E-state index contributed by atoms with van der Waals surface area (Å²) < 4.78 is 19.1. The van der Waals surface area contributed by atoms with Crippen molar-refractivity contribution >= 4 is 27.5 Å². The second kappa shape index (κ2) is 5.92. The largest absolute Gasteiger partial charge is 0.488 e. The van der Waals surface area contributed by atoms with Gasteiger partial charge in [-0.05, 0) is 24.3 Å². The molecule has 0 saturated heterocycles. The predicted molar refractivity (Wildman–Crippen MR) is 77.8 cm³/mol. The Kier molecular flexibility index (Phi) is 4.24. The Morgan fingerprint density at radius 3 is 2.65 bits per heavy atom. The van der Waals surface area contributed by atoms with Crippen LogP contribution in [0.2, 0.25) is 0 Å². The second-order valence-electron chi connectivity index (χ2n) is 4.14. The van der Waals surface area contributed by atoms with Gasteiger partial charge < -0.3 is 16.2 Å². The van der Waals surface area contributed by atoms with E-state index < -0.39 is 5.91 Å². The highest BCUT2D eigenvalue weighted by atomic mass is 79.9. The van der Waals surface area contributed by atoms with Crippen molar-refractivity contribution in [2.24, 2.45) is 5.73 Å². The molecule has 104 valence electrons. The molecule has 0 aliphatic rings. The third-order valence-electron chi connectivity index (χ3n) is 2.67. The van der Waals surface area contributed by atoms with Crippen molar-refractivity contribution in [3.8, 4) is 5.75 Å². The number of ether oxygens (including phenoxy) is 1. The molecule has 0 aromatic heterocycles. The molecule has 0 atom stereocenters. The summed E-state index contributed by atoms with van der Waals surface area (Å²) in [6.45, 7) is 0.157. The number of benzene rings is 2. The van der Waals surface area contributed by atoms with E-state index in [0.29, 0.717) is 15.9 Å². The summed E-state index contributed by atoms with van der Waals surface area (Å²) in [7, 11) is 0. The van der Waals surface area contributed by atoms with Crippen LogP contribution in [0.15, 0.2) is 40.9 Å². The first-order valence-corrected chi connectivity index (χ1v) is 6.52. The van der Waals surface area contributed by atoms with Crippen molar-refractivity contribution < 1.29 is 13.9 Å². The molecule has 2 aromatic carbocycles. The first-order chi connectivity index (χ1) is 9.47. The van der Waals surface area contributed by atoms with Crippen LogP contribution in [0, 0.1) is 5.82 Å². The van der Waals surface area contributed by atoms with E-state index in [9.17, 15) is 9.18 Å². The number of amides is 1. The van der Waals surface area contributed by atoms with Crippen LogP contribution in [0.25, 0.3) is 0 Å². The molecule has 0 unspecified atom stereocenters. The molecule has 1 amide bonds. The minimum atomic E-state index is -0.599. The number of carbonyl (C=O) groups is 1. The average Bonchev–Trinajstić information content (AvgIpc) is 2.37. The van der Waals surface area contributed by atoms with Gasteiger partial charge in [-0.2, -0.15) is 0 Å². The average molecular weight is 339 g/mol. The van der Waals surface area contributed by atoms with E-state index in [1.54, 1.807) is 12.1 Å². The number of hydrogen-bond donors (Lipinski definition) is 2. The topological polar surface area (TPSA) is 78.3 Å². The monoisotopic (exact) mass is 338 g/mol.